The van der Waals surface area contributed by atoms with E-state index in [9.17, 15) is 4.79 Å². The second-order valence-corrected chi connectivity index (χ2v) is 3.77. The van der Waals surface area contributed by atoms with Gasteiger partial charge in [-0.1, -0.05) is 24.9 Å². The van der Waals surface area contributed by atoms with Gasteiger partial charge in [0.2, 0.25) is 0 Å². The number of nitrogen functional groups attached to an aromatic ring is 1. The Morgan fingerprint density at radius 1 is 1.56 bits per heavy atom. The molecule has 0 radical (unpaired) electrons. The van der Waals surface area contributed by atoms with E-state index in [2.05, 4.69) is 11.9 Å². The van der Waals surface area contributed by atoms with E-state index in [-0.39, 0.29) is 16.4 Å². The molecule has 0 bridgehead atoms. The van der Waals surface area contributed by atoms with E-state index in [1.165, 1.54) is 10.9 Å². The van der Waals surface area contributed by atoms with E-state index in [0.29, 0.717) is 19.8 Å². The summed E-state index contributed by atoms with van der Waals surface area (Å²) in [6, 6.07) is 0. The summed E-state index contributed by atoms with van der Waals surface area (Å²) < 4.78 is 6.74. The largest absolute Gasteiger partial charge is 0.392 e. The van der Waals surface area contributed by atoms with Crippen LogP contribution in [-0.4, -0.2) is 22.8 Å². The smallest absolute Gasteiger partial charge is 0.278 e. The van der Waals surface area contributed by atoms with Crippen molar-refractivity contribution in [1.82, 2.24) is 9.55 Å². The fraction of sp³-hybridized carbons (Fsp3) is 0.600. The van der Waals surface area contributed by atoms with E-state index in [4.69, 9.17) is 22.1 Å². The van der Waals surface area contributed by atoms with Crippen molar-refractivity contribution in [3.05, 3.63) is 21.8 Å². The van der Waals surface area contributed by atoms with Gasteiger partial charge in [-0.3, -0.25) is 9.36 Å². The van der Waals surface area contributed by atoms with Gasteiger partial charge in [0, 0.05) is 6.61 Å². The lowest BCUT2D eigenvalue weighted by molar-refractivity contribution is 0.122. The number of rotatable bonds is 6. The number of hydrogen-bond acceptors (Lipinski definition) is 4. The standard InChI is InChI=1S/C10H16ClN3O2/c1-2-3-5-16-6-4-14-7-13-9(11)8(12)10(14)15/h7H,2-6,12H2,1H3. The van der Waals surface area contributed by atoms with Gasteiger partial charge in [-0.2, -0.15) is 0 Å². The lowest BCUT2D eigenvalue weighted by atomic mass is 10.4. The van der Waals surface area contributed by atoms with Crippen LogP contribution in [0.3, 0.4) is 0 Å². The maximum Gasteiger partial charge on any atom is 0.278 e. The number of nitrogens with two attached hydrogens (primary N) is 1. The third-order valence-corrected chi connectivity index (χ3v) is 2.44. The summed E-state index contributed by atoms with van der Waals surface area (Å²) in [6.07, 6.45) is 3.50. The van der Waals surface area contributed by atoms with Crippen LogP contribution in [0.5, 0.6) is 0 Å². The number of ether oxygens (including phenoxy) is 1. The number of halogens is 1. The fourth-order valence-electron chi connectivity index (χ4n) is 1.16. The van der Waals surface area contributed by atoms with Gasteiger partial charge in [0.25, 0.3) is 5.56 Å². The minimum absolute atomic E-state index is 0.0160. The number of hydrogen-bond donors (Lipinski definition) is 1. The van der Waals surface area contributed by atoms with Crippen LogP contribution in [0.4, 0.5) is 5.69 Å². The molecule has 0 spiro atoms. The first-order valence-electron chi connectivity index (χ1n) is 5.25. The van der Waals surface area contributed by atoms with Gasteiger partial charge in [0.1, 0.15) is 5.69 Å². The van der Waals surface area contributed by atoms with Gasteiger partial charge in [-0.25, -0.2) is 4.98 Å². The topological polar surface area (TPSA) is 70.1 Å². The average Bonchev–Trinajstić information content (AvgIpc) is 2.28. The lowest BCUT2D eigenvalue weighted by Crippen LogP contribution is -2.25. The second-order valence-electron chi connectivity index (χ2n) is 3.41. The van der Waals surface area contributed by atoms with Crippen LogP contribution in [0.2, 0.25) is 5.15 Å². The van der Waals surface area contributed by atoms with Crippen molar-refractivity contribution in [2.24, 2.45) is 0 Å². The zero-order valence-corrected chi connectivity index (χ0v) is 10.0. The highest BCUT2D eigenvalue weighted by atomic mass is 35.5. The molecule has 1 rings (SSSR count). The molecule has 0 saturated heterocycles. The predicted octanol–water partition coefficient (Wildman–Crippen LogP) is 1.30. The Morgan fingerprint density at radius 3 is 3.00 bits per heavy atom. The summed E-state index contributed by atoms with van der Waals surface area (Å²) in [4.78, 5) is 15.4. The monoisotopic (exact) mass is 245 g/mol. The van der Waals surface area contributed by atoms with Crippen LogP contribution in [0, 0.1) is 0 Å². The molecule has 1 heterocycles. The summed E-state index contributed by atoms with van der Waals surface area (Å²) >= 11 is 5.61. The highest BCUT2D eigenvalue weighted by molar-refractivity contribution is 6.31. The van der Waals surface area contributed by atoms with Crippen molar-refractivity contribution in [1.29, 1.82) is 0 Å². The molecule has 1 aromatic heterocycles. The third kappa shape index (κ3) is 3.50. The number of aromatic nitrogens is 2. The molecule has 0 aliphatic carbocycles. The molecule has 90 valence electrons. The zero-order chi connectivity index (χ0) is 12.0. The van der Waals surface area contributed by atoms with Gasteiger partial charge >= 0.3 is 0 Å². The quantitative estimate of drug-likeness (QED) is 0.606. The van der Waals surface area contributed by atoms with Crippen molar-refractivity contribution in [2.45, 2.75) is 26.3 Å². The maximum atomic E-state index is 11.6. The highest BCUT2D eigenvalue weighted by Gasteiger charge is 2.05. The molecule has 0 amide bonds. The fourth-order valence-corrected chi connectivity index (χ4v) is 1.28. The molecule has 6 heteroatoms. The summed E-state index contributed by atoms with van der Waals surface area (Å²) in [5.74, 6) is 0. The first-order chi connectivity index (χ1) is 7.66. The van der Waals surface area contributed by atoms with E-state index in [1.807, 2.05) is 0 Å². The van der Waals surface area contributed by atoms with E-state index in [1.54, 1.807) is 0 Å². The lowest BCUT2D eigenvalue weighted by Gasteiger charge is -2.07. The second kappa shape index (κ2) is 6.50. The van der Waals surface area contributed by atoms with Gasteiger partial charge in [0.05, 0.1) is 19.5 Å². The van der Waals surface area contributed by atoms with E-state index < -0.39 is 0 Å². The van der Waals surface area contributed by atoms with Crippen LogP contribution in [-0.2, 0) is 11.3 Å². The van der Waals surface area contributed by atoms with E-state index in [0.717, 1.165) is 12.8 Å². The summed E-state index contributed by atoms with van der Waals surface area (Å²) in [5, 5.41) is 0.0492. The minimum Gasteiger partial charge on any atom is -0.392 e. The molecular weight excluding hydrogens is 230 g/mol. The Bertz CT molecular complexity index is 392. The molecule has 2 N–H and O–H groups in total. The molecule has 0 unspecified atom stereocenters. The Kier molecular flexibility index (Phi) is 5.28. The van der Waals surface area contributed by atoms with Crippen LogP contribution < -0.4 is 11.3 Å². The predicted molar refractivity (Wildman–Crippen MR) is 63.6 cm³/mol. The van der Waals surface area contributed by atoms with Crippen LogP contribution in [0.15, 0.2) is 11.1 Å². The van der Waals surface area contributed by atoms with Gasteiger partial charge in [-0.05, 0) is 6.42 Å². The van der Waals surface area contributed by atoms with Gasteiger partial charge in [-0.15, -0.1) is 0 Å². The molecule has 1 aromatic rings. The van der Waals surface area contributed by atoms with Crippen LogP contribution >= 0.6 is 11.6 Å². The van der Waals surface area contributed by atoms with Crippen molar-refractivity contribution in [3.8, 4) is 0 Å². The summed E-state index contributed by atoms with van der Waals surface area (Å²) in [5.41, 5.74) is 5.13. The van der Waals surface area contributed by atoms with Crippen molar-refractivity contribution < 1.29 is 4.74 Å². The molecule has 5 nitrogen and oxygen atoms in total. The summed E-state index contributed by atoms with van der Waals surface area (Å²) in [6.45, 7) is 3.72. The van der Waals surface area contributed by atoms with Crippen molar-refractivity contribution in [3.63, 3.8) is 0 Å². The molecule has 0 saturated carbocycles. The molecule has 0 fully saturated rings. The summed E-state index contributed by atoms with van der Waals surface area (Å²) in [7, 11) is 0. The molecule has 0 aromatic carbocycles. The van der Waals surface area contributed by atoms with Crippen molar-refractivity contribution >= 4 is 17.3 Å². The van der Waals surface area contributed by atoms with Crippen LogP contribution in [0.25, 0.3) is 0 Å². The Hall–Kier alpha value is -1.07. The number of anilines is 1. The van der Waals surface area contributed by atoms with E-state index >= 15 is 0 Å². The Balaban J connectivity index is 2.49. The number of unbranched alkanes of at least 4 members (excludes halogenated alkanes) is 1. The Morgan fingerprint density at radius 2 is 2.31 bits per heavy atom. The molecular formula is C10H16ClN3O2. The Labute approximate surface area is 99.2 Å². The van der Waals surface area contributed by atoms with Crippen LogP contribution in [0.1, 0.15) is 19.8 Å². The zero-order valence-electron chi connectivity index (χ0n) is 9.28. The minimum atomic E-state index is -0.320. The highest BCUT2D eigenvalue weighted by Crippen LogP contribution is 2.07. The molecule has 0 aliphatic heterocycles. The van der Waals surface area contributed by atoms with Gasteiger partial charge in [0.15, 0.2) is 5.15 Å². The molecule has 16 heavy (non-hydrogen) atoms. The number of nitrogens with zero attached hydrogens (tertiary/aromatic N) is 2. The maximum absolute atomic E-state index is 11.6. The first kappa shape index (κ1) is 13.0. The SMILES string of the molecule is CCCCOCCn1cnc(Cl)c(N)c1=O. The van der Waals surface area contributed by atoms with Gasteiger partial charge < -0.3 is 10.5 Å². The first-order valence-corrected chi connectivity index (χ1v) is 5.62. The third-order valence-electron chi connectivity index (χ3n) is 2.14. The molecule has 0 aliphatic rings. The average molecular weight is 246 g/mol. The molecule has 0 atom stereocenters. The van der Waals surface area contributed by atoms with Crippen molar-refractivity contribution in [2.75, 3.05) is 18.9 Å². The normalized spacial score (nSPS) is 10.6.